The topological polar surface area (TPSA) is 26.5 Å². The highest BCUT2D eigenvalue weighted by Gasteiger charge is 2.29. The number of benzene rings is 1. The average molecular weight is 247 g/mol. The van der Waals surface area contributed by atoms with Gasteiger partial charge in [-0.3, -0.25) is 9.48 Å². The normalized spacial score (nSPS) is 17.1. The van der Waals surface area contributed by atoms with Gasteiger partial charge in [0.2, 0.25) is 6.34 Å². The predicted molar refractivity (Wildman–Crippen MR) is 73.8 cm³/mol. The lowest BCUT2D eigenvalue weighted by Gasteiger charge is -2.21. The number of hydrogen-bond donors (Lipinski definition) is 1. The molecule has 1 aromatic rings. The molecule has 1 atom stereocenters. The minimum absolute atomic E-state index is 0.230. The summed E-state index contributed by atoms with van der Waals surface area (Å²) in [5.74, 6) is 0.475. The number of rotatable bonds is 5. The van der Waals surface area contributed by atoms with Crippen LogP contribution in [-0.2, 0) is 6.54 Å². The van der Waals surface area contributed by atoms with E-state index in [2.05, 4.69) is 53.9 Å². The SMILES string of the molecule is CC(C)[C@@H](CO)N1C=[N+](Cc2ccccc2)CC1. The summed E-state index contributed by atoms with van der Waals surface area (Å²) in [5.41, 5.74) is 1.33. The number of hydrogen-bond acceptors (Lipinski definition) is 2. The highest BCUT2D eigenvalue weighted by atomic mass is 16.3. The average Bonchev–Trinajstić information content (AvgIpc) is 2.79. The third kappa shape index (κ3) is 3.10. The van der Waals surface area contributed by atoms with E-state index in [1.54, 1.807) is 0 Å². The second-order valence-electron chi connectivity index (χ2n) is 5.30. The Morgan fingerprint density at radius 1 is 1.28 bits per heavy atom. The van der Waals surface area contributed by atoms with E-state index in [4.69, 9.17) is 0 Å². The van der Waals surface area contributed by atoms with Crippen LogP contribution in [0.3, 0.4) is 0 Å². The van der Waals surface area contributed by atoms with E-state index in [1.807, 2.05) is 6.07 Å². The van der Waals surface area contributed by atoms with Crippen LogP contribution in [0.15, 0.2) is 30.3 Å². The first-order valence-electron chi connectivity index (χ1n) is 6.70. The monoisotopic (exact) mass is 247 g/mol. The van der Waals surface area contributed by atoms with Gasteiger partial charge < -0.3 is 5.11 Å². The van der Waals surface area contributed by atoms with Crippen LogP contribution in [0.25, 0.3) is 0 Å². The second kappa shape index (κ2) is 6.01. The lowest BCUT2D eigenvalue weighted by atomic mass is 10.0. The maximum atomic E-state index is 9.45. The van der Waals surface area contributed by atoms with E-state index in [1.165, 1.54) is 5.56 Å². The van der Waals surface area contributed by atoms with Gasteiger partial charge in [0.15, 0.2) is 0 Å². The van der Waals surface area contributed by atoms with Gasteiger partial charge >= 0.3 is 0 Å². The van der Waals surface area contributed by atoms with Gasteiger partial charge in [-0.15, -0.1) is 0 Å². The molecule has 2 rings (SSSR count). The highest BCUT2D eigenvalue weighted by Crippen LogP contribution is 2.12. The minimum Gasteiger partial charge on any atom is -0.392 e. The third-order valence-electron chi connectivity index (χ3n) is 3.57. The summed E-state index contributed by atoms with van der Waals surface area (Å²) in [7, 11) is 0. The molecule has 0 saturated carbocycles. The van der Waals surface area contributed by atoms with Crippen molar-refractivity contribution in [2.45, 2.75) is 26.4 Å². The molecule has 3 heteroatoms. The Morgan fingerprint density at radius 2 is 2.00 bits per heavy atom. The summed E-state index contributed by atoms with van der Waals surface area (Å²) in [6, 6.07) is 10.8. The fraction of sp³-hybridized carbons (Fsp3) is 0.533. The maximum absolute atomic E-state index is 9.45. The molecule has 0 saturated heterocycles. The molecule has 0 bridgehead atoms. The fourth-order valence-corrected chi connectivity index (χ4v) is 2.46. The quantitative estimate of drug-likeness (QED) is 0.799. The summed E-state index contributed by atoms with van der Waals surface area (Å²) in [6.45, 7) is 7.55. The Kier molecular flexibility index (Phi) is 4.37. The molecule has 3 nitrogen and oxygen atoms in total. The summed E-state index contributed by atoms with van der Waals surface area (Å²) in [5, 5.41) is 9.45. The first-order valence-corrected chi connectivity index (χ1v) is 6.70. The third-order valence-corrected chi connectivity index (χ3v) is 3.57. The van der Waals surface area contributed by atoms with Gasteiger partial charge in [-0.05, 0) is 11.5 Å². The Morgan fingerprint density at radius 3 is 2.61 bits per heavy atom. The summed E-state index contributed by atoms with van der Waals surface area (Å²) in [6.07, 6.45) is 2.17. The van der Waals surface area contributed by atoms with Crippen LogP contribution >= 0.6 is 0 Å². The first kappa shape index (κ1) is 13.1. The van der Waals surface area contributed by atoms with E-state index < -0.39 is 0 Å². The van der Waals surface area contributed by atoms with Gasteiger partial charge in [0, 0.05) is 0 Å². The van der Waals surface area contributed by atoms with Gasteiger partial charge in [-0.25, -0.2) is 0 Å². The zero-order valence-electron chi connectivity index (χ0n) is 11.3. The molecule has 98 valence electrons. The van der Waals surface area contributed by atoms with E-state index >= 15 is 0 Å². The Hall–Kier alpha value is -1.35. The van der Waals surface area contributed by atoms with Crippen molar-refractivity contribution in [1.29, 1.82) is 0 Å². The second-order valence-corrected chi connectivity index (χ2v) is 5.30. The highest BCUT2D eigenvalue weighted by molar-refractivity contribution is 5.51. The fourth-order valence-electron chi connectivity index (χ4n) is 2.46. The summed E-state index contributed by atoms with van der Waals surface area (Å²) >= 11 is 0. The molecule has 0 spiro atoms. The number of nitrogens with zero attached hydrogens (tertiary/aromatic N) is 2. The first-order chi connectivity index (χ1) is 8.70. The Bertz CT molecular complexity index is 400. The molecule has 0 aliphatic carbocycles. The van der Waals surface area contributed by atoms with Crippen molar-refractivity contribution < 1.29 is 9.68 Å². The molecule has 0 amide bonds. The van der Waals surface area contributed by atoms with Crippen LogP contribution in [0.4, 0.5) is 0 Å². The molecule has 1 aliphatic rings. The van der Waals surface area contributed by atoms with Crippen molar-refractivity contribution in [2.24, 2.45) is 5.92 Å². The van der Waals surface area contributed by atoms with Gasteiger partial charge in [0.1, 0.15) is 25.7 Å². The van der Waals surface area contributed by atoms with Gasteiger partial charge in [-0.1, -0.05) is 44.2 Å². The van der Waals surface area contributed by atoms with Crippen LogP contribution in [0.1, 0.15) is 19.4 Å². The van der Waals surface area contributed by atoms with Crippen molar-refractivity contribution in [3.8, 4) is 0 Å². The van der Waals surface area contributed by atoms with E-state index in [9.17, 15) is 5.11 Å². The van der Waals surface area contributed by atoms with Crippen molar-refractivity contribution >= 4 is 6.34 Å². The maximum Gasteiger partial charge on any atom is 0.234 e. The van der Waals surface area contributed by atoms with Gasteiger partial charge in [0.25, 0.3) is 0 Å². The van der Waals surface area contributed by atoms with Crippen molar-refractivity contribution in [3.63, 3.8) is 0 Å². The van der Waals surface area contributed by atoms with E-state index in [0.717, 1.165) is 19.6 Å². The zero-order chi connectivity index (χ0) is 13.0. The summed E-state index contributed by atoms with van der Waals surface area (Å²) < 4.78 is 2.32. The summed E-state index contributed by atoms with van der Waals surface area (Å²) in [4.78, 5) is 2.27. The Labute approximate surface area is 109 Å². The van der Waals surface area contributed by atoms with Crippen molar-refractivity contribution in [2.75, 3.05) is 19.7 Å². The molecule has 0 radical (unpaired) electrons. The molecule has 1 N–H and O–H groups in total. The standard InChI is InChI=1S/C15H23N2O/c1-13(2)15(11-18)17-9-8-16(12-17)10-14-6-4-3-5-7-14/h3-7,12-13,15,18H,8-11H2,1-2H3/q+1/t15-/m1/s1. The molecule has 1 aromatic carbocycles. The molecular weight excluding hydrogens is 224 g/mol. The minimum atomic E-state index is 0.230. The van der Waals surface area contributed by atoms with E-state index in [-0.39, 0.29) is 12.6 Å². The van der Waals surface area contributed by atoms with Crippen LogP contribution in [0.2, 0.25) is 0 Å². The smallest absolute Gasteiger partial charge is 0.234 e. The molecule has 0 fully saturated rings. The molecule has 1 heterocycles. The molecule has 0 unspecified atom stereocenters. The molecular formula is C15H23N2O+. The Balaban J connectivity index is 2.00. The lowest BCUT2D eigenvalue weighted by Crippen LogP contribution is -2.39. The van der Waals surface area contributed by atoms with E-state index in [0.29, 0.717) is 5.92 Å². The zero-order valence-corrected chi connectivity index (χ0v) is 11.3. The largest absolute Gasteiger partial charge is 0.392 e. The molecule has 0 aromatic heterocycles. The lowest BCUT2D eigenvalue weighted by molar-refractivity contribution is -0.530. The van der Waals surface area contributed by atoms with Crippen molar-refractivity contribution in [1.82, 2.24) is 4.90 Å². The number of aliphatic hydroxyl groups excluding tert-OH is 1. The molecule has 1 aliphatic heterocycles. The van der Waals surface area contributed by atoms with Crippen LogP contribution in [0.5, 0.6) is 0 Å². The van der Waals surface area contributed by atoms with Gasteiger partial charge in [-0.2, -0.15) is 0 Å². The van der Waals surface area contributed by atoms with Gasteiger partial charge in [0.05, 0.1) is 6.61 Å². The predicted octanol–water partition coefficient (Wildman–Crippen LogP) is 1.56. The van der Waals surface area contributed by atoms with Crippen molar-refractivity contribution in [3.05, 3.63) is 35.9 Å². The van der Waals surface area contributed by atoms with Crippen LogP contribution in [-0.4, -0.2) is 46.7 Å². The number of aliphatic hydroxyl groups is 1. The van der Waals surface area contributed by atoms with Crippen LogP contribution in [0, 0.1) is 5.92 Å². The van der Waals surface area contributed by atoms with Crippen LogP contribution < -0.4 is 0 Å². The molecule has 18 heavy (non-hydrogen) atoms.